The third-order valence-electron chi connectivity index (χ3n) is 2.45. The molecule has 1 saturated heterocycles. The summed E-state index contributed by atoms with van der Waals surface area (Å²) in [6.45, 7) is 4.10. The normalized spacial score (nSPS) is 17.1. The largest absolute Gasteiger partial charge is 0.397 e. The first-order valence-electron chi connectivity index (χ1n) is 4.78. The molecule has 0 unspecified atom stereocenters. The van der Waals surface area contributed by atoms with Gasteiger partial charge >= 0.3 is 0 Å². The van der Waals surface area contributed by atoms with Crippen LogP contribution in [0.3, 0.4) is 0 Å². The van der Waals surface area contributed by atoms with Gasteiger partial charge in [0.05, 0.1) is 11.4 Å². The summed E-state index contributed by atoms with van der Waals surface area (Å²) in [5.41, 5.74) is 7.94. The molecule has 0 atom stereocenters. The molecule has 2 rings (SSSR count). The molecule has 1 fully saturated rings. The fraction of sp³-hybridized carbons (Fsp3) is 0.400. The van der Waals surface area contributed by atoms with Crippen molar-refractivity contribution in [1.29, 1.82) is 0 Å². The molecular formula is C10H14BrN3. The van der Waals surface area contributed by atoms with E-state index >= 15 is 0 Å². The Bertz CT molecular complexity index is 301. The minimum atomic E-state index is 0.848. The average molecular weight is 256 g/mol. The molecule has 1 heterocycles. The fourth-order valence-electron chi connectivity index (χ4n) is 1.75. The predicted octanol–water partition coefficient (Wildman–Crippen LogP) is 1.44. The molecule has 1 aliphatic heterocycles. The maximum Gasteiger partial charge on any atom is 0.0745 e. The van der Waals surface area contributed by atoms with E-state index in [9.17, 15) is 0 Å². The number of anilines is 2. The molecule has 0 spiro atoms. The molecule has 1 aromatic rings. The number of para-hydroxylation sites is 1. The molecule has 4 heteroatoms. The van der Waals surface area contributed by atoms with E-state index in [0.29, 0.717) is 0 Å². The second-order valence-electron chi connectivity index (χ2n) is 3.41. The number of halogens is 1. The smallest absolute Gasteiger partial charge is 0.0745 e. The molecule has 14 heavy (non-hydrogen) atoms. The Morgan fingerprint density at radius 3 is 2.64 bits per heavy atom. The Labute approximate surface area is 92.4 Å². The third kappa shape index (κ3) is 1.86. The zero-order chi connectivity index (χ0) is 9.97. The van der Waals surface area contributed by atoms with Gasteiger partial charge in [-0.2, -0.15) is 0 Å². The molecule has 76 valence electrons. The molecule has 1 aromatic carbocycles. The first kappa shape index (κ1) is 9.80. The van der Waals surface area contributed by atoms with Gasteiger partial charge in [-0.15, -0.1) is 0 Å². The summed E-state index contributed by atoms with van der Waals surface area (Å²) in [4.78, 5) is 2.32. The SMILES string of the molecule is Nc1cccc(Br)c1N1CCNCC1. The van der Waals surface area contributed by atoms with Crippen molar-refractivity contribution < 1.29 is 0 Å². The van der Waals surface area contributed by atoms with Gasteiger partial charge in [0.1, 0.15) is 0 Å². The topological polar surface area (TPSA) is 41.3 Å². The standard InChI is InChI=1S/C10H14BrN3/c11-8-2-1-3-9(12)10(8)14-6-4-13-5-7-14/h1-3,13H,4-7,12H2. The molecule has 1 aliphatic rings. The lowest BCUT2D eigenvalue weighted by Gasteiger charge is -2.31. The van der Waals surface area contributed by atoms with Crippen LogP contribution in [0.5, 0.6) is 0 Å². The molecule has 0 radical (unpaired) electrons. The Hall–Kier alpha value is -0.740. The molecule has 0 amide bonds. The van der Waals surface area contributed by atoms with E-state index in [4.69, 9.17) is 5.73 Å². The van der Waals surface area contributed by atoms with Gasteiger partial charge in [-0.1, -0.05) is 6.07 Å². The van der Waals surface area contributed by atoms with Crippen LogP contribution in [0, 0.1) is 0 Å². The van der Waals surface area contributed by atoms with Crippen LogP contribution in [0.2, 0.25) is 0 Å². The number of nitrogens with zero attached hydrogens (tertiary/aromatic N) is 1. The van der Waals surface area contributed by atoms with Crippen molar-refractivity contribution in [2.45, 2.75) is 0 Å². The summed E-state index contributed by atoms with van der Waals surface area (Å²) in [7, 11) is 0. The number of nitrogens with one attached hydrogen (secondary N) is 1. The highest BCUT2D eigenvalue weighted by Gasteiger charge is 2.15. The molecule has 0 aromatic heterocycles. The van der Waals surface area contributed by atoms with Crippen LogP contribution in [0.15, 0.2) is 22.7 Å². The molecule has 0 saturated carbocycles. The second-order valence-corrected chi connectivity index (χ2v) is 4.27. The van der Waals surface area contributed by atoms with Gasteiger partial charge in [0.2, 0.25) is 0 Å². The lowest BCUT2D eigenvalue weighted by atomic mass is 10.2. The Balaban J connectivity index is 2.29. The first-order chi connectivity index (χ1) is 6.79. The number of nitrogen functional groups attached to an aromatic ring is 1. The second kappa shape index (κ2) is 4.19. The van der Waals surface area contributed by atoms with Crippen molar-refractivity contribution in [3.05, 3.63) is 22.7 Å². The van der Waals surface area contributed by atoms with Gasteiger partial charge in [-0.05, 0) is 28.1 Å². The van der Waals surface area contributed by atoms with Gasteiger partial charge in [-0.3, -0.25) is 0 Å². The van der Waals surface area contributed by atoms with Gasteiger partial charge in [0.15, 0.2) is 0 Å². The molecule has 3 nitrogen and oxygen atoms in total. The highest BCUT2D eigenvalue weighted by molar-refractivity contribution is 9.10. The summed E-state index contributed by atoms with van der Waals surface area (Å²) in [6, 6.07) is 5.95. The predicted molar refractivity (Wildman–Crippen MR) is 63.6 cm³/mol. The maximum absolute atomic E-state index is 5.96. The van der Waals surface area contributed by atoms with Crippen molar-refractivity contribution in [3.63, 3.8) is 0 Å². The average Bonchev–Trinajstić information content (AvgIpc) is 2.19. The van der Waals surface area contributed by atoms with Crippen molar-refractivity contribution in [1.82, 2.24) is 5.32 Å². The summed E-state index contributed by atoms with van der Waals surface area (Å²) >= 11 is 3.54. The van der Waals surface area contributed by atoms with E-state index in [-0.39, 0.29) is 0 Å². The monoisotopic (exact) mass is 255 g/mol. The lowest BCUT2D eigenvalue weighted by Crippen LogP contribution is -2.43. The van der Waals surface area contributed by atoms with E-state index in [1.165, 1.54) is 0 Å². The molecule has 0 aliphatic carbocycles. The number of nitrogens with two attached hydrogens (primary N) is 1. The van der Waals surface area contributed by atoms with E-state index < -0.39 is 0 Å². The Morgan fingerprint density at radius 2 is 2.00 bits per heavy atom. The lowest BCUT2D eigenvalue weighted by molar-refractivity contribution is 0.589. The fourth-order valence-corrected chi connectivity index (χ4v) is 2.39. The van der Waals surface area contributed by atoms with Gasteiger partial charge in [0, 0.05) is 30.7 Å². The van der Waals surface area contributed by atoms with Crippen LogP contribution in [-0.2, 0) is 0 Å². The van der Waals surface area contributed by atoms with E-state index in [2.05, 4.69) is 26.1 Å². The van der Waals surface area contributed by atoms with Crippen molar-refractivity contribution in [3.8, 4) is 0 Å². The summed E-state index contributed by atoms with van der Waals surface area (Å²) in [5.74, 6) is 0. The number of benzene rings is 1. The van der Waals surface area contributed by atoms with Crippen molar-refractivity contribution in [2.75, 3.05) is 36.8 Å². The summed E-state index contributed by atoms with van der Waals surface area (Å²) in [5, 5.41) is 3.33. The van der Waals surface area contributed by atoms with Crippen molar-refractivity contribution >= 4 is 27.3 Å². The Kier molecular flexibility index (Phi) is 2.93. The van der Waals surface area contributed by atoms with Crippen LogP contribution in [0.4, 0.5) is 11.4 Å². The van der Waals surface area contributed by atoms with Gasteiger partial charge in [-0.25, -0.2) is 0 Å². The third-order valence-corrected chi connectivity index (χ3v) is 3.09. The number of rotatable bonds is 1. The highest BCUT2D eigenvalue weighted by atomic mass is 79.9. The number of piperazine rings is 1. The van der Waals surface area contributed by atoms with Crippen LogP contribution in [0.1, 0.15) is 0 Å². The minimum Gasteiger partial charge on any atom is -0.397 e. The zero-order valence-electron chi connectivity index (χ0n) is 7.96. The highest BCUT2D eigenvalue weighted by Crippen LogP contribution is 2.32. The number of hydrogen-bond acceptors (Lipinski definition) is 3. The van der Waals surface area contributed by atoms with Crippen molar-refractivity contribution in [2.24, 2.45) is 0 Å². The van der Waals surface area contributed by atoms with E-state index in [1.54, 1.807) is 0 Å². The van der Waals surface area contributed by atoms with Crippen LogP contribution in [-0.4, -0.2) is 26.2 Å². The minimum absolute atomic E-state index is 0.848. The van der Waals surface area contributed by atoms with Crippen LogP contribution < -0.4 is 16.0 Å². The van der Waals surface area contributed by atoms with Gasteiger partial charge < -0.3 is 16.0 Å². The zero-order valence-corrected chi connectivity index (χ0v) is 9.55. The first-order valence-corrected chi connectivity index (χ1v) is 5.58. The van der Waals surface area contributed by atoms with Crippen LogP contribution >= 0.6 is 15.9 Å². The summed E-state index contributed by atoms with van der Waals surface area (Å²) < 4.78 is 1.08. The quantitative estimate of drug-likeness (QED) is 0.747. The summed E-state index contributed by atoms with van der Waals surface area (Å²) in [6.07, 6.45) is 0. The molecular weight excluding hydrogens is 242 g/mol. The molecule has 3 N–H and O–H groups in total. The van der Waals surface area contributed by atoms with E-state index in [0.717, 1.165) is 42.0 Å². The molecule has 0 bridgehead atoms. The van der Waals surface area contributed by atoms with Gasteiger partial charge in [0.25, 0.3) is 0 Å². The van der Waals surface area contributed by atoms with Crippen LogP contribution in [0.25, 0.3) is 0 Å². The Morgan fingerprint density at radius 1 is 1.29 bits per heavy atom. The maximum atomic E-state index is 5.96. The van der Waals surface area contributed by atoms with E-state index in [1.807, 2.05) is 18.2 Å². The number of hydrogen-bond donors (Lipinski definition) is 2.